The van der Waals surface area contributed by atoms with E-state index in [2.05, 4.69) is 9.47 Å². The van der Waals surface area contributed by atoms with Crippen LogP contribution in [0.2, 0.25) is 0 Å². The molecule has 0 heterocycles. The van der Waals surface area contributed by atoms with E-state index in [-0.39, 0.29) is 37.4 Å². The van der Waals surface area contributed by atoms with Gasteiger partial charge in [-0.3, -0.25) is 0 Å². The van der Waals surface area contributed by atoms with Crippen molar-refractivity contribution in [2.75, 3.05) is 27.1 Å². The molecule has 2 aliphatic carbocycles. The topological polar surface area (TPSA) is 27.7 Å². The molecule has 0 aliphatic heterocycles. The van der Waals surface area contributed by atoms with Crippen molar-refractivity contribution in [3.63, 3.8) is 0 Å². The summed E-state index contributed by atoms with van der Waals surface area (Å²) in [6.45, 7) is 4.84. The van der Waals surface area contributed by atoms with Crippen LogP contribution < -0.4 is 0 Å². The van der Waals surface area contributed by atoms with E-state index in [4.69, 9.17) is 4.74 Å². The summed E-state index contributed by atoms with van der Waals surface area (Å²) in [5.74, 6) is -1.51. The molecule has 5 unspecified atom stereocenters. The van der Waals surface area contributed by atoms with Crippen LogP contribution in [0.3, 0.4) is 0 Å². The summed E-state index contributed by atoms with van der Waals surface area (Å²) in [5, 5.41) is 0. The lowest BCUT2D eigenvalue weighted by atomic mass is 9.57. The fourth-order valence-electron chi connectivity index (χ4n) is 5.42. The third kappa shape index (κ3) is 3.78. The van der Waals surface area contributed by atoms with E-state index in [9.17, 15) is 26.3 Å². The van der Waals surface area contributed by atoms with Gasteiger partial charge < -0.3 is 14.2 Å². The Bertz CT molecular complexity index is 561. The molecule has 10 heteroatoms. The SMILES string of the molecule is COCCOCOC(CC1(F)C2CC(C(C)C2C)C1(C)C)(C(F)(F)F)C(F)(F)F. The van der Waals surface area contributed by atoms with Gasteiger partial charge in [0, 0.05) is 18.9 Å². The van der Waals surface area contributed by atoms with Crippen LogP contribution in [0, 0.1) is 29.1 Å². The zero-order chi connectivity index (χ0) is 22.5. The van der Waals surface area contributed by atoms with Gasteiger partial charge in [0.15, 0.2) is 0 Å². The first-order chi connectivity index (χ1) is 13.1. The van der Waals surface area contributed by atoms with Crippen LogP contribution >= 0.6 is 0 Å². The standard InChI is InChI=1S/C19H29F7O3/c1-11-12(2)14-8-13(11)15(3,4)16(14,20)9-17(18(21,22)23,19(24,25)26)29-10-28-7-6-27-5/h11-14H,6-10H2,1-5H3. The molecule has 2 aliphatic rings. The van der Waals surface area contributed by atoms with Crippen molar-refractivity contribution in [3.8, 4) is 0 Å². The van der Waals surface area contributed by atoms with Crippen molar-refractivity contribution >= 4 is 0 Å². The molecule has 2 saturated carbocycles. The van der Waals surface area contributed by atoms with Crippen LogP contribution in [0.15, 0.2) is 0 Å². The highest BCUT2D eigenvalue weighted by atomic mass is 19.4. The van der Waals surface area contributed by atoms with E-state index in [0.29, 0.717) is 0 Å². The van der Waals surface area contributed by atoms with Gasteiger partial charge in [-0.25, -0.2) is 4.39 Å². The van der Waals surface area contributed by atoms with Gasteiger partial charge in [-0.05, 0) is 30.1 Å². The van der Waals surface area contributed by atoms with Gasteiger partial charge in [-0.2, -0.15) is 26.3 Å². The second kappa shape index (κ2) is 7.82. The van der Waals surface area contributed by atoms with Crippen LogP contribution in [-0.2, 0) is 14.2 Å². The molecular formula is C19H29F7O3. The normalized spacial score (nSPS) is 34.8. The second-order valence-electron chi connectivity index (χ2n) is 8.91. The summed E-state index contributed by atoms with van der Waals surface area (Å²) >= 11 is 0. The summed E-state index contributed by atoms with van der Waals surface area (Å²) in [4.78, 5) is 0. The zero-order valence-corrected chi connectivity index (χ0v) is 17.2. The molecule has 2 rings (SSSR count). The van der Waals surface area contributed by atoms with Crippen molar-refractivity contribution in [1.82, 2.24) is 0 Å². The number of methoxy groups -OCH3 is 1. The lowest BCUT2D eigenvalue weighted by molar-refractivity contribution is -0.404. The maximum absolute atomic E-state index is 16.3. The largest absolute Gasteiger partial charge is 0.426 e. The lowest BCUT2D eigenvalue weighted by Gasteiger charge is -2.52. The minimum Gasteiger partial charge on any atom is -0.382 e. The van der Waals surface area contributed by atoms with Gasteiger partial charge in [0.25, 0.3) is 5.60 Å². The minimum atomic E-state index is -5.87. The van der Waals surface area contributed by atoms with Crippen molar-refractivity contribution in [3.05, 3.63) is 0 Å². The molecule has 0 radical (unpaired) electrons. The van der Waals surface area contributed by atoms with Crippen LogP contribution in [0.4, 0.5) is 30.7 Å². The first-order valence-electron chi connectivity index (χ1n) is 9.60. The number of alkyl halides is 7. The van der Waals surface area contributed by atoms with Gasteiger partial charge >= 0.3 is 12.4 Å². The highest BCUT2D eigenvalue weighted by Gasteiger charge is 2.79. The Balaban J connectivity index is 2.41. The van der Waals surface area contributed by atoms with Gasteiger partial charge in [0.05, 0.1) is 13.2 Å². The van der Waals surface area contributed by atoms with Crippen molar-refractivity contribution in [2.24, 2.45) is 29.1 Å². The summed E-state index contributed by atoms with van der Waals surface area (Å²) in [7, 11) is 1.30. The average Bonchev–Trinajstić information content (AvgIpc) is 2.97. The third-order valence-corrected chi connectivity index (χ3v) is 7.43. The molecule has 172 valence electrons. The lowest BCUT2D eigenvalue weighted by Crippen LogP contribution is -2.65. The molecule has 3 nitrogen and oxygen atoms in total. The first-order valence-corrected chi connectivity index (χ1v) is 9.60. The minimum absolute atomic E-state index is 0.0170. The molecule has 0 amide bonds. The van der Waals surface area contributed by atoms with Crippen molar-refractivity contribution in [2.45, 2.75) is 64.2 Å². The Morgan fingerprint density at radius 1 is 0.897 bits per heavy atom. The maximum Gasteiger partial charge on any atom is 0.426 e. The number of rotatable bonds is 8. The maximum atomic E-state index is 16.3. The molecule has 0 aromatic rings. The number of ether oxygens (including phenoxy) is 3. The van der Waals surface area contributed by atoms with E-state index < -0.39 is 48.2 Å². The molecule has 0 saturated heterocycles. The Kier molecular flexibility index (Phi) is 6.65. The molecular weight excluding hydrogens is 409 g/mol. The number of hydrogen-bond acceptors (Lipinski definition) is 3. The molecule has 0 N–H and O–H groups in total. The predicted molar refractivity (Wildman–Crippen MR) is 90.8 cm³/mol. The summed E-state index contributed by atoms with van der Waals surface area (Å²) in [5.41, 5.74) is -8.71. The fraction of sp³-hybridized carbons (Fsp3) is 1.00. The predicted octanol–water partition coefficient (Wildman–Crippen LogP) is 5.53. The molecule has 2 fully saturated rings. The Morgan fingerprint density at radius 2 is 1.41 bits per heavy atom. The van der Waals surface area contributed by atoms with E-state index in [1.165, 1.54) is 21.0 Å². The fourth-order valence-corrected chi connectivity index (χ4v) is 5.42. The van der Waals surface area contributed by atoms with E-state index in [1.807, 2.05) is 6.92 Å². The van der Waals surface area contributed by atoms with Gasteiger partial charge in [-0.1, -0.05) is 27.7 Å². The summed E-state index contributed by atoms with van der Waals surface area (Å²) in [6, 6.07) is 0. The molecule has 0 aromatic carbocycles. The van der Waals surface area contributed by atoms with E-state index in [1.54, 1.807) is 6.92 Å². The van der Waals surface area contributed by atoms with Crippen LogP contribution in [-0.4, -0.2) is 50.7 Å². The molecule has 5 atom stereocenters. The van der Waals surface area contributed by atoms with E-state index >= 15 is 4.39 Å². The monoisotopic (exact) mass is 438 g/mol. The second-order valence-corrected chi connectivity index (χ2v) is 8.91. The Morgan fingerprint density at radius 3 is 1.86 bits per heavy atom. The van der Waals surface area contributed by atoms with Crippen molar-refractivity contribution in [1.29, 1.82) is 0 Å². The van der Waals surface area contributed by atoms with Gasteiger partial charge in [0.1, 0.15) is 12.5 Å². The Hall–Kier alpha value is -0.610. The van der Waals surface area contributed by atoms with Crippen LogP contribution in [0.25, 0.3) is 0 Å². The summed E-state index contributed by atoms with van der Waals surface area (Å²) < 4.78 is 113. The first kappa shape index (κ1) is 24.7. The third-order valence-electron chi connectivity index (χ3n) is 7.43. The highest BCUT2D eigenvalue weighted by molar-refractivity contribution is 5.19. The van der Waals surface area contributed by atoms with Gasteiger partial charge in [-0.15, -0.1) is 0 Å². The van der Waals surface area contributed by atoms with Gasteiger partial charge in [0.2, 0.25) is 0 Å². The zero-order valence-electron chi connectivity index (χ0n) is 17.2. The van der Waals surface area contributed by atoms with Crippen molar-refractivity contribution < 1.29 is 44.9 Å². The molecule has 29 heavy (non-hydrogen) atoms. The van der Waals surface area contributed by atoms with Crippen LogP contribution in [0.5, 0.6) is 0 Å². The number of hydrogen-bond donors (Lipinski definition) is 0. The number of fused-ring (bicyclic) bond motifs is 2. The molecule has 0 spiro atoms. The van der Waals surface area contributed by atoms with Crippen LogP contribution in [0.1, 0.15) is 40.5 Å². The quantitative estimate of drug-likeness (QED) is 0.283. The number of halogens is 7. The smallest absolute Gasteiger partial charge is 0.382 e. The average molecular weight is 438 g/mol. The molecule has 0 aromatic heterocycles. The molecule has 2 bridgehead atoms. The Labute approximate surface area is 166 Å². The van der Waals surface area contributed by atoms with E-state index in [0.717, 1.165) is 0 Å². The summed E-state index contributed by atoms with van der Waals surface area (Å²) in [6.07, 6.45) is -13.3. The highest BCUT2D eigenvalue weighted by Crippen LogP contribution is 2.70.